The molecule has 0 spiro atoms. The molecule has 8 nitrogen and oxygen atoms in total. The minimum atomic E-state index is -4.20. The van der Waals surface area contributed by atoms with Crippen LogP contribution in [0.15, 0.2) is 64.4 Å². The quantitative estimate of drug-likeness (QED) is 0.623. The molecule has 3 aromatic rings. The fourth-order valence-corrected chi connectivity index (χ4v) is 6.95. The molecule has 4 rings (SSSR count). The van der Waals surface area contributed by atoms with Crippen molar-refractivity contribution in [2.45, 2.75) is 35.5 Å². The summed E-state index contributed by atoms with van der Waals surface area (Å²) in [6.45, 7) is 0.869. The van der Waals surface area contributed by atoms with E-state index >= 15 is 0 Å². The predicted octanol–water partition coefficient (Wildman–Crippen LogP) is 3.14. The molecule has 0 bridgehead atoms. The molecule has 1 saturated heterocycles. The van der Waals surface area contributed by atoms with Gasteiger partial charge in [0.2, 0.25) is 10.0 Å². The number of carboxylic acids is 1. The molecular formula is C21H22N2O6S2. The Hall–Kier alpha value is -2.69. The smallest absolute Gasteiger partial charge is 0.353 e. The molecular weight excluding hydrogens is 440 g/mol. The van der Waals surface area contributed by atoms with Crippen molar-refractivity contribution in [3.63, 3.8) is 0 Å². The van der Waals surface area contributed by atoms with Crippen molar-refractivity contribution in [1.82, 2.24) is 8.28 Å². The van der Waals surface area contributed by atoms with Crippen LogP contribution in [0.4, 0.5) is 0 Å². The van der Waals surface area contributed by atoms with Crippen molar-refractivity contribution in [1.29, 1.82) is 0 Å². The molecule has 1 N–H and O–H groups in total. The fourth-order valence-electron chi connectivity index (χ4n) is 3.87. The largest absolute Gasteiger partial charge is 0.477 e. The van der Waals surface area contributed by atoms with Gasteiger partial charge in [0.15, 0.2) is 0 Å². The molecule has 0 saturated carbocycles. The van der Waals surface area contributed by atoms with Gasteiger partial charge in [-0.1, -0.05) is 31.0 Å². The van der Waals surface area contributed by atoms with Crippen LogP contribution in [0.1, 0.15) is 36.2 Å². The van der Waals surface area contributed by atoms with Gasteiger partial charge in [0.05, 0.1) is 15.3 Å². The number of aromatic nitrogens is 1. The minimum Gasteiger partial charge on any atom is -0.477 e. The molecule has 1 aromatic heterocycles. The SMILES string of the molecule is O=C(O)c1cc2cc(S(=O)(=O)N3CCCCCC3)ccc2n1S(=O)(=O)c1ccccc1. The topological polar surface area (TPSA) is 114 Å². The van der Waals surface area contributed by atoms with Crippen molar-refractivity contribution < 1.29 is 26.7 Å². The Morgan fingerprint density at radius 2 is 1.42 bits per heavy atom. The average Bonchev–Trinajstić information content (AvgIpc) is 2.93. The number of hydrogen-bond donors (Lipinski definition) is 1. The van der Waals surface area contributed by atoms with Gasteiger partial charge < -0.3 is 5.11 Å². The summed E-state index contributed by atoms with van der Waals surface area (Å²) in [5, 5.41) is 9.86. The third kappa shape index (κ3) is 3.86. The van der Waals surface area contributed by atoms with Crippen LogP contribution in [0.25, 0.3) is 10.9 Å². The predicted molar refractivity (Wildman–Crippen MR) is 115 cm³/mol. The van der Waals surface area contributed by atoms with Crippen molar-refractivity contribution in [2.75, 3.05) is 13.1 Å². The number of aromatic carboxylic acids is 1. The van der Waals surface area contributed by atoms with Crippen molar-refractivity contribution in [3.05, 3.63) is 60.3 Å². The number of rotatable bonds is 5. The van der Waals surface area contributed by atoms with Crippen LogP contribution < -0.4 is 0 Å². The van der Waals surface area contributed by atoms with E-state index in [9.17, 15) is 26.7 Å². The summed E-state index contributed by atoms with van der Waals surface area (Å²) in [7, 11) is -7.96. The highest BCUT2D eigenvalue weighted by atomic mass is 32.2. The maximum absolute atomic E-state index is 13.2. The first-order valence-electron chi connectivity index (χ1n) is 9.92. The lowest BCUT2D eigenvalue weighted by Gasteiger charge is -2.20. The lowest BCUT2D eigenvalue weighted by molar-refractivity contribution is 0.0689. The van der Waals surface area contributed by atoms with E-state index in [-0.39, 0.29) is 20.7 Å². The van der Waals surface area contributed by atoms with Crippen LogP contribution in [-0.4, -0.2) is 49.3 Å². The van der Waals surface area contributed by atoms with Crippen LogP contribution in [0, 0.1) is 0 Å². The Bertz CT molecular complexity index is 1340. The first-order valence-corrected chi connectivity index (χ1v) is 12.8. The molecule has 164 valence electrons. The zero-order chi connectivity index (χ0) is 22.2. The summed E-state index contributed by atoms with van der Waals surface area (Å²) < 4.78 is 54.8. The number of nitrogens with zero attached hydrogens (tertiary/aromatic N) is 2. The van der Waals surface area contributed by atoms with E-state index in [4.69, 9.17) is 0 Å². The summed E-state index contributed by atoms with van der Waals surface area (Å²) in [4.78, 5) is 11.8. The molecule has 2 heterocycles. The maximum atomic E-state index is 13.2. The first kappa shape index (κ1) is 21.5. The fraction of sp³-hybridized carbons (Fsp3) is 0.286. The van der Waals surface area contributed by atoms with E-state index in [1.54, 1.807) is 18.2 Å². The van der Waals surface area contributed by atoms with E-state index in [0.29, 0.717) is 13.1 Å². The Balaban J connectivity index is 1.87. The Morgan fingerprint density at radius 3 is 2.03 bits per heavy atom. The second-order valence-corrected chi connectivity index (χ2v) is 11.2. The Kier molecular flexibility index (Phi) is 5.63. The van der Waals surface area contributed by atoms with E-state index in [1.807, 2.05) is 0 Å². The third-order valence-corrected chi connectivity index (χ3v) is 9.07. The van der Waals surface area contributed by atoms with E-state index < -0.39 is 31.7 Å². The summed E-state index contributed by atoms with van der Waals surface area (Å²) in [5.41, 5.74) is -0.348. The molecule has 31 heavy (non-hydrogen) atoms. The van der Waals surface area contributed by atoms with Gasteiger partial charge in [-0.25, -0.2) is 25.6 Å². The van der Waals surface area contributed by atoms with Gasteiger partial charge in [-0.05, 0) is 49.2 Å². The average molecular weight is 463 g/mol. The van der Waals surface area contributed by atoms with Gasteiger partial charge >= 0.3 is 5.97 Å². The molecule has 0 unspecified atom stereocenters. The Morgan fingerprint density at radius 1 is 0.774 bits per heavy atom. The molecule has 1 aliphatic rings. The van der Waals surface area contributed by atoms with Gasteiger partial charge in [0, 0.05) is 18.5 Å². The zero-order valence-electron chi connectivity index (χ0n) is 16.6. The van der Waals surface area contributed by atoms with Crippen molar-refractivity contribution >= 4 is 36.9 Å². The molecule has 2 aromatic carbocycles. The number of hydrogen-bond acceptors (Lipinski definition) is 5. The van der Waals surface area contributed by atoms with Crippen LogP contribution in [0.3, 0.4) is 0 Å². The van der Waals surface area contributed by atoms with Crippen LogP contribution >= 0.6 is 0 Å². The molecule has 0 aliphatic carbocycles. The number of fused-ring (bicyclic) bond motifs is 1. The lowest BCUT2D eigenvalue weighted by atomic mass is 10.2. The highest BCUT2D eigenvalue weighted by molar-refractivity contribution is 7.90. The van der Waals surface area contributed by atoms with Crippen LogP contribution in [-0.2, 0) is 20.0 Å². The van der Waals surface area contributed by atoms with E-state index in [0.717, 1.165) is 29.7 Å². The van der Waals surface area contributed by atoms with Gasteiger partial charge in [0.25, 0.3) is 10.0 Å². The lowest BCUT2D eigenvalue weighted by Crippen LogP contribution is -2.31. The van der Waals surface area contributed by atoms with Crippen molar-refractivity contribution in [2.24, 2.45) is 0 Å². The summed E-state index contributed by atoms with van der Waals surface area (Å²) in [5.74, 6) is -1.42. The molecule has 1 aliphatic heterocycles. The van der Waals surface area contributed by atoms with Gasteiger partial charge in [-0.2, -0.15) is 4.31 Å². The molecule has 1 fully saturated rings. The standard InChI is InChI=1S/C21H22N2O6S2/c24-21(25)20-15-16-14-18(30(26,27)22-12-6-1-2-7-13-22)10-11-19(16)23(20)31(28,29)17-8-4-3-5-9-17/h3-5,8-11,14-15H,1-2,6-7,12-13H2,(H,24,25). The zero-order valence-corrected chi connectivity index (χ0v) is 18.3. The van der Waals surface area contributed by atoms with Crippen LogP contribution in [0.5, 0.6) is 0 Å². The Labute approximate surface area is 180 Å². The first-order chi connectivity index (χ1) is 14.7. The van der Waals surface area contributed by atoms with Crippen molar-refractivity contribution in [3.8, 4) is 0 Å². The normalized spacial score (nSPS) is 16.3. The molecule has 0 amide bonds. The highest BCUT2D eigenvalue weighted by Crippen LogP contribution is 2.29. The molecule has 10 heteroatoms. The second-order valence-electron chi connectivity index (χ2n) is 7.46. The molecule has 0 atom stereocenters. The van der Waals surface area contributed by atoms with E-state index in [1.165, 1.54) is 40.7 Å². The number of sulfonamides is 1. The number of benzene rings is 2. The van der Waals surface area contributed by atoms with Gasteiger partial charge in [0.1, 0.15) is 5.69 Å². The summed E-state index contributed by atoms with van der Waals surface area (Å²) in [6, 6.07) is 12.7. The number of carbonyl (C=O) groups is 1. The summed E-state index contributed by atoms with van der Waals surface area (Å²) >= 11 is 0. The third-order valence-electron chi connectivity index (χ3n) is 5.43. The molecule has 0 radical (unpaired) electrons. The number of carboxylic acid groups (broad SMARTS) is 1. The van der Waals surface area contributed by atoms with E-state index in [2.05, 4.69) is 0 Å². The van der Waals surface area contributed by atoms with Gasteiger partial charge in [-0.3, -0.25) is 0 Å². The minimum absolute atomic E-state index is 0.0214. The monoisotopic (exact) mass is 462 g/mol. The maximum Gasteiger partial charge on any atom is 0.353 e. The van der Waals surface area contributed by atoms with Crippen LogP contribution in [0.2, 0.25) is 0 Å². The summed E-state index contributed by atoms with van der Waals surface area (Å²) in [6.07, 6.45) is 3.53. The highest BCUT2D eigenvalue weighted by Gasteiger charge is 2.29. The second kappa shape index (κ2) is 8.10. The van der Waals surface area contributed by atoms with Gasteiger partial charge in [-0.15, -0.1) is 0 Å².